The van der Waals surface area contributed by atoms with E-state index < -0.39 is 0 Å². The number of H-pyrrole nitrogens is 1. The van der Waals surface area contributed by atoms with Crippen LogP contribution in [0.1, 0.15) is 24.1 Å². The van der Waals surface area contributed by atoms with E-state index in [0.29, 0.717) is 0 Å². The molecule has 1 heterocycles. The monoisotopic (exact) mass is 203 g/mol. The molecule has 0 unspecified atom stereocenters. The molecule has 2 rings (SSSR count). The molecule has 3 N–H and O–H groups in total. The lowest BCUT2D eigenvalue weighted by Crippen LogP contribution is -1.98. The Balaban J connectivity index is 2.18. The molecule has 0 aliphatic rings. The SMILES string of the molecule is Cc1n[nH]c2ccc(CCCCN)cc12. The fraction of sp³-hybridized carbons (Fsp3) is 0.417. The number of aryl methyl sites for hydroxylation is 2. The van der Waals surface area contributed by atoms with Crippen molar-refractivity contribution in [2.45, 2.75) is 26.2 Å². The summed E-state index contributed by atoms with van der Waals surface area (Å²) in [6.45, 7) is 2.81. The number of fused-ring (bicyclic) bond motifs is 1. The van der Waals surface area contributed by atoms with Gasteiger partial charge in [-0.2, -0.15) is 5.10 Å². The Hall–Kier alpha value is -1.35. The number of rotatable bonds is 4. The Labute approximate surface area is 89.7 Å². The quantitative estimate of drug-likeness (QED) is 0.748. The van der Waals surface area contributed by atoms with Crippen molar-refractivity contribution in [1.82, 2.24) is 10.2 Å². The van der Waals surface area contributed by atoms with Crippen LogP contribution in [0.15, 0.2) is 18.2 Å². The summed E-state index contributed by atoms with van der Waals surface area (Å²) in [5.74, 6) is 0. The van der Waals surface area contributed by atoms with E-state index in [4.69, 9.17) is 5.73 Å². The van der Waals surface area contributed by atoms with Crippen molar-refractivity contribution in [2.75, 3.05) is 6.54 Å². The van der Waals surface area contributed by atoms with Gasteiger partial charge in [-0.15, -0.1) is 0 Å². The minimum absolute atomic E-state index is 0.785. The minimum atomic E-state index is 0.785. The number of nitrogens with zero attached hydrogens (tertiary/aromatic N) is 1. The second-order valence-corrected chi connectivity index (χ2v) is 3.93. The molecule has 1 aromatic carbocycles. The van der Waals surface area contributed by atoms with Gasteiger partial charge < -0.3 is 5.73 Å². The molecule has 0 aliphatic heterocycles. The van der Waals surface area contributed by atoms with E-state index in [0.717, 1.165) is 30.6 Å². The van der Waals surface area contributed by atoms with Gasteiger partial charge in [0, 0.05) is 5.39 Å². The molecule has 0 radical (unpaired) electrons. The predicted octanol–water partition coefficient (Wildman–Crippen LogP) is 2.15. The van der Waals surface area contributed by atoms with Crippen LogP contribution in [-0.4, -0.2) is 16.7 Å². The first kappa shape index (κ1) is 10.2. The number of hydrogen-bond donors (Lipinski definition) is 2. The second-order valence-electron chi connectivity index (χ2n) is 3.93. The maximum Gasteiger partial charge on any atom is 0.0670 e. The molecule has 0 saturated heterocycles. The third-order valence-electron chi connectivity index (χ3n) is 2.74. The Morgan fingerprint density at radius 3 is 3.00 bits per heavy atom. The van der Waals surface area contributed by atoms with Crippen LogP contribution in [0.25, 0.3) is 10.9 Å². The summed E-state index contributed by atoms with van der Waals surface area (Å²) in [7, 11) is 0. The van der Waals surface area contributed by atoms with Crippen molar-refractivity contribution in [2.24, 2.45) is 5.73 Å². The standard InChI is InChI=1S/C12H17N3/c1-9-11-8-10(4-2-3-7-13)5-6-12(11)15-14-9/h5-6,8H,2-4,7,13H2,1H3,(H,14,15). The molecule has 0 fully saturated rings. The van der Waals surface area contributed by atoms with Gasteiger partial charge in [0.05, 0.1) is 11.2 Å². The van der Waals surface area contributed by atoms with Crippen molar-refractivity contribution < 1.29 is 0 Å². The summed E-state index contributed by atoms with van der Waals surface area (Å²) in [5.41, 5.74) is 9.05. The van der Waals surface area contributed by atoms with Gasteiger partial charge in [0.2, 0.25) is 0 Å². The number of nitrogens with one attached hydrogen (secondary N) is 1. The molecule has 0 atom stereocenters. The van der Waals surface area contributed by atoms with E-state index in [9.17, 15) is 0 Å². The predicted molar refractivity (Wildman–Crippen MR) is 62.8 cm³/mol. The smallest absolute Gasteiger partial charge is 0.0670 e. The Morgan fingerprint density at radius 2 is 2.20 bits per heavy atom. The molecule has 80 valence electrons. The minimum Gasteiger partial charge on any atom is -0.330 e. The highest BCUT2D eigenvalue weighted by molar-refractivity contribution is 5.81. The highest BCUT2D eigenvalue weighted by atomic mass is 15.1. The number of aromatic amines is 1. The molecular weight excluding hydrogens is 186 g/mol. The van der Waals surface area contributed by atoms with E-state index in [1.165, 1.54) is 17.4 Å². The van der Waals surface area contributed by atoms with Crippen LogP contribution in [0.4, 0.5) is 0 Å². The average molecular weight is 203 g/mol. The van der Waals surface area contributed by atoms with Gasteiger partial charge in [0.25, 0.3) is 0 Å². The van der Waals surface area contributed by atoms with Gasteiger partial charge in [0.15, 0.2) is 0 Å². The van der Waals surface area contributed by atoms with Crippen LogP contribution in [0, 0.1) is 6.92 Å². The maximum atomic E-state index is 5.48. The summed E-state index contributed by atoms with van der Waals surface area (Å²) in [4.78, 5) is 0. The first-order valence-electron chi connectivity index (χ1n) is 5.45. The van der Waals surface area contributed by atoms with Gasteiger partial charge in [-0.1, -0.05) is 6.07 Å². The summed E-state index contributed by atoms with van der Waals surface area (Å²) in [5, 5.41) is 8.44. The first-order valence-corrected chi connectivity index (χ1v) is 5.45. The summed E-state index contributed by atoms with van der Waals surface area (Å²) >= 11 is 0. The zero-order valence-electron chi connectivity index (χ0n) is 9.09. The third kappa shape index (κ3) is 2.18. The summed E-state index contributed by atoms with van der Waals surface area (Å²) < 4.78 is 0. The topological polar surface area (TPSA) is 54.7 Å². The zero-order chi connectivity index (χ0) is 10.7. The fourth-order valence-corrected chi connectivity index (χ4v) is 1.82. The van der Waals surface area contributed by atoms with E-state index in [1.54, 1.807) is 0 Å². The normalized spacial score (nSPS) is 11.1. The molecule has 0 spiro atoms. The van der Waals surface area contributed by atoms with Crippen LogP contribution >= 0.6 is 0 Å². The molecular formula is C12H17N3. The Bertz CT molecular complexity index is 445. The van der Waals surface area contributed by atoms with Crippen molar-refractivity contribution in [3.63, 3.8) is 0 Å². The molecule has 0 bridgehead atoms. The van der Waals surface area contributed by atoms with Crippen LogP contribution in [0.2, 0.25) is 0 Å². The highest BCUT2D eigenvalue weighted by Crippen LogP contribution is 2.17. The molecule has 3 heteroatoms. The lowest BCUT2D eigenvalue weighted by Gasteiger charge is -2.00. The summed E-state index contributed by atoms with van der Waals surface area (Å²) in [6.07, 6.45) is 3.37. The molecule has 15 heavy (non-hydrogen) atoms. The largest absolute Gasteiger partial charge is 0.330 e. The number of nitrogens with two attached hydrogens (primary N) is 1. The van der Waals surface area contributed by atoms with E-state index in [2.05, 4.69) is 28.4 Å². The molecule has 0 amide bonds. The number of benzene rings is 1. The molecule has 0 saturated carbocycles. The van der Waals surface area contributed by atoms with Crippen molar-refractivity contribution in [3.05, 3.63) is 29.5 Å². The fourth-order valence-electron chi connectivity index (χ4n) is 1.82. The van der Waals surface area contributed by atoms with E-state index >= 15 is 0 Å². The average Bonchev–Trinajstić information content (AvgIpc) is 2.61. The van der Waals surface area contributed by atoms with Crippen LogP contribution < -0.4 is 5.73 Å². The van der Waals surface area contributed by atoms with Crippen molar-refractivity contribution in [1.29, 1.82) is 0 Å². The second kappa shape index (κ2) is 4.45. The van der Waals surface area contributed by atoms with Gasteiger partial charge >= 0.3 is 0 Å². The Morgan fingerprint density at radius 1 is 1.33 bits per heavy atom. The lowest BCUT2D eigenvalue weighted by atomic mass is 10.1. The van der Waals surface area contributed by atoms with Gasteiger partial charge in [-0.3, -0.25) is 5.10 Å². The molecule has 3 nitrogen and oxygen atoms in total. The van der Waals surface area contributed by atoms with Crippen LogP contribution in [0.3, 0.4) is 0 Å². The van der Waals surface area contributed by atoms with Gasteiger partial charge in [-0.25, -0.2) is 0 Å². The first-order chi connectivity index (χ1) is 7.31. The molecule has 2 aromatic rings. The summed E-state index contributed by atoms with van der Waals surface area (Å²) in [6, 6.07) is 6.49. The van der Waals surface area contributed by atoms with Crippen LogP contribution in [0.5, 0.6) is 0 Å². The van der Waals surface area contributed by atoms with Gasteiger partial charge in [0.1, 0.15) is 0 Å². The molecule has 0 aliphatic carbocycles. The Kier molecular flexibility index (Phi) is 3.02. The van der Waals surface area contributed by atoms with Crippen molar-refractivity contribution in [3.8, 4) is 0 Å². The number of hydrogen-bond acceptors (Lipinski definition) is 2. The third-order valence-corrected chi connectivity index (χ3v) is 2.74. The van der Waals surface area contributed by atoms with Crippen molar-refractivity contribution >= 4 is 10.9 Å². The number of unbranched alkanes of at least 4 members (excludes halogenated alkanes) is 1. The highest BCUT2D eigenvalue weighted by Gasteiger charge is 2.01. The maximum absolute atomic E-state index is 5.48. The van der Waals surface area contributed by atoms with Crippen LogP contribution in [-0.2, 0) is 6.42 Å². The van der Waals surface area contributed by atoms with Gasteiger partial charge in [-0.05, 0) is 50.4 Å². The van der Waals surface area contributed by atoms with E-state index in [-0.39, 0.29) is 0 Å². The molecule has 1 aromatic heterocycles. The van der Waals surface area contributed by atoms with E-state index in [1.807, 2.05) is 6.92 Å². The lowest BCUT2D eigenvalue weighted by molar-refractivity contribution is 0.745. The number of aromatic nitrogens is 2. The zero-order valence-corrected chi connectivity index (χ0v) is 9.09.